The SMILES string of the molecule is COc1cc(Br)ccc1C(=O)NCCSc1ccccc1. The fourth-order valence-corrected chi connectivity index (χ4v) is 2.93. The summed E-state index contributed by atoms with van der Waals surface area (Å²) in [6.45, 7) is 0.609. The van der Waals surface area contributed by atoms with Crippen LogP contribution in [0, 0.1) is 0 Å². The molecule has 0 aliphatic carbocycles. The van der Waals surface area contributed by atoms with E-state index in [0.717, 1.165) is 10.2 Å². The van der Waals surface area contributed by atoms with Crippen LogP contribution in [0.3, 0.4) is 0 Å². The van der Waals surface area contributed by atoms with Crippen molar-refractivity contribution in [3.8, 4) is 5.75 Å². The molecule has 0 radical (unpaired) electrons. The van der Waals surface area contributed by atoms with Crippen molar-refractivity contribution in [1.29, 1.82) is 0 Å². The smallest absolute Gasteiger partial charge is 0.255 e. The molecule has 0 heterocycles. The van der Waals surface area contributed by atoms with Crippen LogP contribution < -0.4 is 10.1 Å². The summed E-state index contributed by atoms with van der Waals surface area (Å²) in [5.41, 5.74) is 0.547. The third-order valence-electron chi connectivity index (χ3n) is 2.81. The predicted molar refractivity (Wildman–Crippen MR) is 90.2 cm³/mol. The van der Waals surface area contributed by atoms with E-state index in [4.69, 9.17) is 4.74 Å². The lowest BCUT2D eigenvalue weighted by molar-refractivity contribution is 0.0953. The highest BCUT2D eigenvalue weighted by atomic mass is 79.9. The van der Waals surface area contributed by atoms with Crippen LogP contribution in [0.15, 0.2) is 57.9 Å². The zero-order valence-electron chi connectivity index (χ0n) is 11.6. The van der Waals surface area contributed by atoms with Crippen LogP contribution in [-0.4, -0.2) is 25.3 Å². The summed E-state index contributed by atoms with van der Waals surface area (Å²) in [5, 5.41) is 2.91. The predicted octanol–water partition coefficient (Wildman–Crippen LogP) is 3.98. The highest BCUT2D eigenvalue weighted by Gasteiger charge is 2.11. The molecule has 3 nitrogen and oxygen atoms in total. The molecule has 0 bridgehead atoms. The number of hydrogen-bond acceptors (Lipinski definition) is 3. The van der Waals surface area contributed by atoms with E-state index < -0.39 is 0 Å². The number of rotatable bonds is 6. The lowest BCUT2D eigenvalue weighted by Crippen LogP contribution is -2.26. The fraction of sp³-hybridized carbons (Fsp3) is 0.188. The molecule has 2 aromatic rings. The number of carbonyl (C=O) groups excluding carboxylic acids is 1. The number of methoxy groups -OCH3 is 1. The lowest BCUT2D eigenvalue weighted by Gasteiger charge is -2.09. The highest BCUT2D eigenvalue weighted by molar-refractivity contribution is 9.10. The van der Waals surface area contributed by atoms with E-state index >= 15 is 0 Å². The Morgan fingerprint density at radius 3 is 2.71 bits per heavy atom. The molecule has 0 aromatic heterocycles. The molecule has 0 fully saturated rings. The molecule has 0 saturated carbocycles. The summed E-state index contributed by atoms with van der Waals surface area (Å²) in [5.74, 6) is 1.28. The number of hydrogen-bond donors (Lipinski definition) is 1. The van der Waals surface area contributed by atoms with E-state index in [9.17, 15) is 4.79 Å². The zero-order chi connectivity index (χ0) is 15.1. The average Bonchev–Trinajstić information content (AvgIpc) is 2.52. The van der Waals surface area contributed by atoms with Gasteiger partial charge in [-0.25, -0.2) is 0 Å². The summed E-state index contributed by atoms with van der Waals surface area (Å²) in [4.78, 5) is 13.3. The van der Waals surface area contributed by atoms with Crippen molar-refractivity contribution in [2.45, 2.75) is 4.90 Å². The number of halogens is 1. The van der Waals surface area contributed by atoms with Crippen molar-refractivity contribution in [3.63, 3.8) is 0 Å². The minimum absolute atomic E-state index is 0.118. The second-order valence-corrected chi connectivity index (χ2v) is 6.35. The van der Waals surface area contributed by atoms with Gasteiger partial charge in [-0.05, 0) is 30.3 Å². The first-order valence-corrected chi connectivity index (χ1v) is 8.28. The van der Waals surface area contributed by atoms with E-state index in [2.05, 4.69) is 33.4 Å². The van der Waals surface area contributed by atoms with Gasteiger partial charge in [-0.2, -0.15) is 0 Å². The zero-order valence-corrected chi connectivity index (χ0v) is 14.0. The Kier molecular flexibility index (Phi) is 6.14. The summed E-state index contributed by atoms with van der Waals surface area (Å²) in [6.07, 6.45) is 0. The Hall–Kier alpha value is -1.46. The molecule has 0 atom stereocenters. The van der Waals surface area contributed by atoms with Gasteiger partial charge < -0.3 is 10.1 Å². The molecular weight excluding hydrogens is 350 g/mol. The summed E-state index contributed by atoms with van der Waals surface area (Å²) in [7, 11) is 1.56. The van der Waals surface area contributed by atoms with Crippen LogP contribution in [0.25, 0.3) is 0 Å². The largest absolute Gasteiger partial charge is 0.496 e. The number of thioether (sulfide) groups is 1. The molecule has 5 heteroatoms. The lowest BCUT2D eigenvalue weighted by atomic mass is 10.2. The molecule has 1 amide bonds. The normalized spacial score (nSPS) is 10.2. The number of carbonyl (C=O) groups is 1. The van der Waals surface area contributed by atoms with Gasteiger partial charge in [-0.3, -0.25) is 4.79 Å². The second-order valence-electron chi connectivity index (χ2n) is 4.26. The van der Waals surface area contributed by atoms with E-state index in [1.54, 1.807) is 31.0 Å². The third kappa shape index (κ3) is 4.79. The monoisotopic (exact) mass is 365 g/mol. The second kappa shape index (κ2) is 8.10. The molecule has 0 spiro atoms. The standard InChI is InChI=1S/C16H16BrNO2S/c1-20-15-11-12(17)7-8-14(15)16(19)18-9-10-21-13-5-3-2-4-6-13/h2-8,11H,9-10H2,1H3,(H,18,19). The molecule has 0 aliphatic heterocycles. The number of ether oxygens (including phenoxy) is 1. The molecule has 1 N–H and O–H groups in total. The molecule has 0 unspecified atom stereocenters. The van der Waals surface area contributed by atoms with Crippen molar-refractivity contribution < 1.29 is 9.53 Å². The first kappa shape index (κ1) is 15.9. The molecule has 0 aliphatic rings. The van der Waals surface area contributed by atoms with Crippen LogP contribution in [0.1, 0.15) is 10.4 Å². The molecule has 2 rings (SSSR count). The summed E-state index contributed by atoms with van der Waals surface area (Å²) >= 11 is 5.08. The Labute approximate surface area is 137 Å². The van der Waals surface area contributed by atoms with E-state index in [-0.39, 0.29) is 5.91 Å². The van der Waals surface area contributed by atoms with Gasteiger partial charge in [0.2, 0.25) is 0 Å². The molecule has 2 aromatic carbocycles. The van der Waals surface area contributed by atoms with Gasteiger partial charge >= 0.3 is 0 Å². The van der Waals surface area contributed by atoms with Gasteiger partial charge in [0, 0.05) is 21.7 Å². The van der Waals surface area contributed by atoms with Gasteiger partial charge in [0.1, 0.15) is 5.75 Å². The van der Waals surface area contributed by atoms with Crippen molar-refractivity contribution in [2.24, 2.45) is 0 Å². The van der Waals surface area contributed by atoms with Crippen molar-refractivity contribution in [1.82, 2.24) is 5.32 Å². The quantitative estimate of drug-likeness (QED) is 0.621. The molecule has 0 saturated heterocycles. The molecule has 110 valence electrons. The third-order valence-corrected chi connectivity index (χ3v) is 4.31. The van der Waals surface area contributed by atoms with Gasteiger partial charge in [-0.1, -0.05) is 34.1 Å². The molecular formula is C16H16BrNO2S. The van der Waals surface area contributed by atoms with Crippen LogP contribution >= 0.6 is 27.7 Å². The maximum Gasteiger partial charge on any atom is 0.255 e. The van der Waals surface area contributed by atoms with Crippen molar-refractivity contribution in [3.05, 3.63) is 58.6 Å². The van der Waals surface area contributed by atoms with E-state index in [0.29, 0.717) is 17.9 Å². The number of benzene rings is 2. The average molecular weight is 366 g/mol. The van der Waals surface area contributed by atoms with Gasteiger partial charge in [0.25, 0.3) is 5.91 Å². The topological polar surface area (TPSA) is 38.3 Å². The van der Waals surface area contributed by atoms with Crippen LogP contribution in [-0.2, 0) is 0 Å². The maximum absolute atomic E-state index is 12.1. The Morgan fingerprint density at radius 1 is 1.24 bits per heavy atom. The fourth-order valence-electron chi connectivity index (χ4n) is 1.80. The summed E-state index contributed by atoms with van der Waals surface area (Å²) in [6, 6.07) is 15.5. The van der Waals surface area contributed by atoms with Gasteiger partial charge in [-0.15, -0.1) is 11.8 Å². The van der Waals surface area contributed by atoms with E-state index in [1.165, 1.54) is 4.90 Å². The van der Waals surface area contributed by atoms with Crippen LogP contribution in [0.2, 0.25) is 0 Å². The Bertz CT molecular complexity index is 604. The first-order chi connectivity index (χ1) is 10.2. The number of nitrogens with one attached hydrogen (secondary N) is 1. The Morgan fingerprint density at radius 2 is 2.00 bits per heavy atom. The van der Waals surface area contributed by atoms with Crippen molar-refractivity contribution in [2.75, 3.05) is 19.4 Å². The minimum Gasteiger partial charge on any atom is -0.496 e. The van der Waals surface area contributed by atoms with E-state index in [1.807, 2.05) is 24.3 Å². The Balaban J connectivity index is 1.85. The van der Waals surface area contributed by atoms with Crippen LogP contribution in [0.4, 0.5) is 0 Å². The van der Waals surface area contributed by atoms with Crippen LogP contribution in [0.5, 0.6) is 5.75 Å². The summed E-state index contributed by atoms with van der Waals surface area (Å²) < 4.78 is 6.11. The number of amides is 1. The van der Waals surface area contributed by atoms with Gasteiger partial charge in [0.15, 0.2) is 0 Å². The first-order valence-electron chi connectivity index (χ1n) is 6.50. The highest BCUT2D eigenvalue weighted by Crippen LogP contribution is 2.23. The minimum atomic E-state index is -0.118. The van der Waals surface area contributed by atoms with Crippen molar-refractivity contribution >= 4 is 33.6 Å². The molecule has 21 heavy (non-hydrogen) atoms. The maximum atomic E-state index is 12.1. The van der Waals surface area contributed by atoms with Gasteiger partial charge in [0.05, 0.1) is 12.7 Å².